The second kappa shape index (κ2) is 3.51. The zero-order chi connectivity index (χ0) is 11.8. The highest BCUT2D eigenvalue weighted by atomic mass is 19.4. The maximum atomic E-state index is 12.2. The summed E-state index contributed by atoms with van der Waals surface area (Å²) in [5.74, 6) is 0.0768. The molecule has 0 saturated heterocycles. The van der Waals surface area contributed by atoms with Crippen molar-refractivity contribution in [3.05, 3.63) is 41.6 Å². The summed E-state index contributed by atoms with van der Waals surface area (Å²) < 4.78 is 37.3. The minimum absolute atomic E-state index is 0.0768. The van der Waals surface area contributed by atoms with Crippen molar-refractivity contribution in [3.8, 4) is 11.4 Å². The van der Waals surface area contributed by atoms with Crippen LogP contribution in [-0.2, 0) is 6.18 Å². The fourth-order valence-electron chi connectivity index (χ4n) is 1.19. The zero-order valence-electron chi connectivity index (χ0n) is 7.82. The summed E-state index contributed by atoms with van der Waals surface area (Å²) in [6.07, 6.45) is -1.31. The number of nitrogens with one attached hydrogen (secondary N) is 1. The topological polar surface area (TPSA) is 55.6 Å². The molecule has 2 rings (SSSR count). The standard InChI is InChI=1S/C9H6F3N3O/c10-9(11,12)7-5-13-8(14-7)6-1-3-15(16)4-2-6/h1-5H,(H,13,14). The van der Waals surface area contributed by atoms with E-state index in [1.54, 1.807) is 0 Å². The van der Waals surface area contributed by atoms with Crippen LogP contribution in [0.1, 0.15) is 5.69 Å². The van der Waals surface area contributed by atoms with Crippen LogP contribution in [-0.4, -0.2) is 9.97 Å². The molecular weight excluding hydrogens is 223 g/mol. The van der Waals surface area contributed by atoms with Gasteiger partial charge >= 0.3 is 6.18 Å². The van der Waals surface area contributed by atoms with Crippen molar-refractivity contribution >= 4 is 0 Å². The van der Waals surface area contributed by atoms with E-state index in [9.17, 15) is 18.4 Å². The van der Waals surface area contributed by atoms with Crippen LogP contribution in [0.2, 0.25) is 0 Å². The molecule has 0 radical (unpaired) electrons. The normalized spacial score (nSPS) is 11.7. The first kappa shape index (κ1) is 10.5. The molecule has 0 amide bonds. The lowest BCUT2D eigenvalue weighted by atomic mass is 10.2. The molecule has 0 bridgehead atoms. The van der Waals surface area contributed by atoms with Gasteiger partial charge in [-0.2, -0.15) is 17.9 Å². The number of aromatic nitrogens is 3. The number of H-pyrrole nitrogens is 1. The Morgan fingerprint density at radius 1 is 1.25 bits per heavy atom. The van der Waals surface area contributed by atoms with Crippen LogP contribution in [0.15, 0.2) is 30.7 Å². The number of hydrogen-bond donors (Lipinski definition) is 1. The van der Waals surface area contributed by atoms with Gasteiger partial charge in [0.15, 0.2) is 18.1 Å². The van der Waals surface area contributed by atoms with Gasteiger partial charge in [-0.3, -0.25) is 0 Å². The van der Waals surface area contributed by atoms with Crippen molar-refractivity contribution < 1.29 is 17.9 Å². The van der Waals surface area contributed by atoms with Gasteiger partial charge in [0.1, 0.15) is 5.82 Å². The summed E-state index contributed by atoms with van der Waals surface area (Å²) in [6, 6.07) is 2.76. The minimum atomic E-state index is -4.47. The predicted molar refractivity (Wildman–Crippen MR) is 48.0 cm³/mol. The highest BCUT2D eigenvalue weighted by Crippen LogP contribution is 2.28. The average Bonchev–Trinajstić information content (AvgIpc) is 2.67. The lowest BCUT2D eigenvalue weighted by Crippen LogP contribution is -2.23. The van der Waals surface area contributed by atoms with E-state index in [4.69, 9.17) is 0 Å². The Kier molecular flexibility index (Phi) is 2.30. The van der Waals surface area contributed by atoms with E-state index in [1.807, 2.05) is 0 Å². The average molecular weight is 229 g/mol. The van der Waals surface area contributed by atoms with Crippen LogP contribution in [0.3, 0.4) is 0 Å². The van der Waals surface area contributed by atoms with E-state index in [0.717, 1.165) is 6.20 Å². The maximum Gasteiger partial charge on any atom is 0.434 e. The van der Waals surface area contributed by atoms with E-state index in [0.29, 0.717) is 10.3 Å². The molecule has 2 heterocycles. The zero-order valence-corrected chi connectivity index (χ0v) is 7.82. The number of aromatic amines is 1. The third-order valence-electron chi connectivity index (χ3n) is 1.94. The fourth-order valence-corrected chi connectivity index (χ4v) is 1.19. The van der Waals surface area contributed by atoms with E-state index >= 15 is 0 Å². The number of nitrogens with zero attached hydrogens (tertiary/aromatic N) is 2. The Labute approximate surface area is 88.0 Å². The van der Waals surface area contributed by atoms with Crippen LogP contribution in [0, 0.1) is 5.21 Å². The quantitative estimate of drug-likeness (QED) is 0.598. The van der Waals surface area contributed by atoms with Gasteiger partial charge in [-0.05, 0) is 0 Å². The van der Waals surface area contributed by atoms with Gasteiger partial charge in [0.2, 0.25) is 0 Å². The third-order valence-corrected chi connectivity index (χ3v) is 1.94. The minimum Gasteiger partial charge on any atom is -0.619 e. The van der Waals surface area contributed by atoms with Crippen molar-refractivity contribution in [3.63, 3.8) is 0 Å². The smallest absolute Gasteiger partial charge is 0.434 e. The fraction of sp³-hybridized carbons (Fsp3) is 0.111. The molecule has 2 aromatic heterocycles. The van der Waals surface area contributed by atoms with Crippen LogP contribution in [0.5, 0.6) is 0 Å². The predicted octanol–water partition coefficient (Wildman–Crippen LogP) is 1.73. The number of imidazole rings is 1. The molecule has 0 aliphatic carbocycles. The van der Waals surface area contributed by atoms with Crippen molar-refractivity contribution in [2.45, 2.75) is 6.18 Å². The number of pyridine rings is 1. The first-order valence-corrected chi connectivity index (χ1v) is 4.28. The first-order valence-electron chi connectivity index (χ1n) is 4.28. The second-order valence-corrected chi connectivity index (χ2v) is 3.08. The van der Waals surface area contributed by atoms with Gasteiger partial charge in [-0.15, -0.1) is 0 Å². The molecule has 0 saturated carbocycles. The Morgan fingerprint density at radius 3 is 2.38 bits per heavy atom. The Bertz CT molecular complexity index is 489. The van der Waals surface area contributed by atoms with Crippen molar-refractivity contribution in [2.24, 2.45) is 0 Å². The Morgan fingerprint density at radius 2 is 1.88 bits per heavy atom. The SMILES string of the molecule is [O-][n+]1ccc(-c2nc(C(F)(F)F)c[nH]2)cc1. The molecule has 84 valence electrons. The van der Waals surface area contributed by atoms with Crippen LogP contribution in [0.4, 0.5) is 13.2 Å². The van der Waals surface area contributed by atoms with E-state index in [-0.39, 0.29) is 5.82 Å². The van der Waals surface area contributed by atoms with Crippen molar-refractivity contribution in [2.75, 3.05) is 0 Å². The van der Waals surface area contributed by atoms with E-state index < -0.39 is 11.9 Å². The molecular formula is C9H6F3N3O. The molecule has 4 nitrogen and oxygen atoms in total. The summed E-state index contributed by atoms with van der Waals surface area (Å²) in [4.78, 5) is 5.80. The lowest BCUT2D eigenvalue weighted by Gasteiger charge is -2.00. The largest absolute Gasteiger partial charge is 0.619 e. The summed E-state index contributed by atoms with van der Waals surface area (Å²) in [5, 5.41) is 10.7. The third kappa shape index (κ3) is 1.97. The molecule has 0 aromatic carbocycles. The second-order valence-electron chi connectivity index (χ2n) is 3.08. The van der Waals surface area contributed by atoms with Gasteiger partial charge in [0.25, 0.3) is 0 Å². The first-order chi connectivity index (χ1) is 7.47. The van der Waals surface area contributed by atoms with Crippen LogP contribution >= 0.6 is 0 Å². The van der Waals surface area contributed by atoms with Gasteiger partial charge in [-0.1, -0.05) is 0 Å². The molecule has 0 atom stereocenters. The van der Waals surface area contributed by atoms with Gasteiger partial charge in [-0.25, -0.2) is 4.98 Å². The maximum absolute atomic E-state index is 12.2. The monoisotopic (exact) mass is 229 g/mol. The van der Waals surface area contributed by atoms with Crippen LogP contribution < -0.4 is 4.73 Å². The van der Waals surface area contributed by atoms with Gasteiger partial charge in [0.05, 0.1) is 0 Å². The van der Waals surface area contributed by atoms with Crippen molar-refractivity contribution in [1.29, 1.82) is 0 Å². The lowest BCUT2D eigenvalue weighted by molar-refractivity contribution is -0.605. The number of alkyl halides is 3. The summed E-state index contributed by atoms with van der Waals surface area (Å²) >= 11 is 0. The van der Waals surface area contributed by atoms with Crippen LogP contribution in [0.25, 0.3) is 11.4 Å². The summed E-state index contributed by atoms with van der Waals surface area (Å²) in [5.41, 5.74) is -0.566. The molecule has 0 fully saturated rings. The van der Waals surface area contributed by atoms with E-state index in [1.165, 1.54) is 24.5 Å². The number of rotatable bonds is 1. The Balaban J connectivity index is 2.35. The molecule has 7 heteroatoms. The molecule has 0 aliphatic rings. The molecule has 2 aromatic rings. The summed E-state index contributed by atoms with van der Waals surface area (Å²) in [6.45, 7) is 0. The number of hydrogen-bond acceptors (Lipinski definition) is 2. The molecule has 0 spiro atoms. The van der Waals surface area contributed by atoms with Gasteiger partial charge in [0, 0.05) is 23.9 Å². The van der Waals surface area contributed by atoms with Crippen molar-refractivity contribution in [1.82, 2.24) is 9.97 Å². The highest BCUT2D eigenvalue weighted by Gasteiger charge is 2.33. The molecule has 16 heavy (non-hydrogen) atoms. The Hall–Kier alpha value is -2.05. The van der Waals surface area contributed by atoms with Gasteiger partial charge < -0.3 is 10.2 Å². The highest BCUT2D eigenvalue weighted by molar-refractivity contribution is 5.53. The molecule has 0 aliphatic heterocycles. The summed E-state index contributed by atoms with van der Waals surface area (Å²) in [7, 11) is 0. The number of halogens is 3. The molecule has 1 N–H and O–H groups in total. The van der Waals surface area contributed by atoms with E-state index in [2.05, 4.69) is 9.97 Å². The molecule has 0 unspecified atom stereocenters.